The molecule has 2 aromatic rings. The van der Waals surface area contributed by atoms with Crippen LogP contribution in [-0.4, -0.2) is 49.1 Å². The molecule has 1 atom stereocenters. The third kappa shape index (κ3) is 8.45. The van der Waals surface area contributed by atoms with Crippen molar-refractivity contribution in [2.24, 2.45) is 5.73 Å². The van der Waals surface area contributed by atoms with E-state index in [1.165, 1.54) is 7.11 Å². The predicted octanol–water partition coefficient (Wildman–Crippen LogP) is 2.35. The number of nitrogens with two attached hydrogens (primary N) is 1. The van der Waals surface area contributed by atoms with Gasteiger partial charge < -0.3 is 30.6 Å². The molecule has 2 aromatic carbocycles. The van der Waals surface area contributed by atoms with Gasteiger partial charge in [0.25, 0.3) is 5.91 Å². The third-order valence-corrected chi connectivity index (χ3v) is 4.40. The van der Waals surface area contributed by atoms with E-state index in [2.05, 4.69) is 10.6 Å². The number of carbonyl (C=O) groups excluding carboxylic acids is 3. The minimum absolute atomic E-state index is 0.0269. The summed E-state index contributed by atoms with van der Waals surface area (Å²) in [5, 5.41) is 12.4. The summed E-state index contributed by atoms with van der Waals surface area (Å²) in [5.41, 5.74) is 6.40. The molecule has 2 rings (SSSR count). The summed E-state index contributed by atoms with van der Waals surface area (Å²) in [6.45, 7) is 5.11. The second kappa shape index (κ2) is 11.7. The second-order valence-electron chi connectivity index (χ2n) is 8.36. The number of nitrogen functional groups attached to an aromatic ring is 1. The van der Waals surface area contributed by atoms with E-state index in [-0.39, 0.29) is 19.0 Å². The largest absolute Gasteiger partial charge is 0.489 e. The lowest BCUT2D eigenvalue weighted by Gasteiger charge is -2.22. The number of alkyl carbamates (subject to hydrolysis) is 1. The Morgan fingerprint density at radius 3 is 2.32 bits per heavy atom. The van der Waals surface area contributed by atoms with E-state index in [0.29, 0.717) is 16.9 Å². The lowest BCUT2D eigenvalue weighted by atomic mass is 10.1. The van der Waals surface area contributed by atoms with Gasteiger partial charge in [0, 0.05) is 17.7 Å². The van der Waals surface area contributed by atoms with Gasteiger partial charge in [0.2, 0.25) is 0 Å². The maximum Gasteiger partial charge on any atom is 0.408 e. The Morgan fingerprint density at radius 2 is 1.74 bits per heavy atom. The first-order valence-corrected chi connectivity index (χ1v) is 10.5. The predicted molar refractivity (Wildman–Crippen MR) is 126 cm³/mol. The molecule has 0 radical (unpaired) electrons. The Hall–Kier alpha value is -4.08. The molecule has 0 bridgehead atoms. The third-order valence-electron chi connectivity index (χ3n) is 4.40. The zero-order valence-corrected chi connectivity index (χ0v) is 19.6. The molecule has 0 aliphatic rings. The van der Waals surface area contributed by atoms with Gasteiger partial charge in [0.1, 0.15) is 29.8 Å². The Bertz CT molecular complexity index is 1030. The van der Waals surface area contributed by atoms with E-state index in [1.807, 2.05) is 6.07 Å². The number of hydrogen-bond donors (Lipinski definition) is 4. The molecule has 5 N–H and O–H groups in total. The summed E-state index contributed by atoms with van der Waals surface area (Å²) in [6, 6.07) is 12.5. The van der Waals surface area contributed by atoms with Gasteiger partial charge in [-0.05, 0) is 62.7 Å². The zero-order chi connectivity index (χ0) is 25.3. The van der Waals surface area contributed by atoms with Crippen molar-refractivity contribution in [3.05, 3.63) is 65.2 Å². The molecule has 0 aromatic heterocycles. The first kappa shape index (κ1) is 26.2. The second-order valence-corrected chi connectivity index (χ2v) is 8.36. The van der Waals surface area contributed by atoms with Crippen LogP contribution < -0.4 is 21.1 Å². The molecule has 182 valence electrons. The number of ether oxygens (including phenoxy) is 3. The topological polar surface area (TPSA) is 153 Å². The summed E-state index contributed by atoms with van der Waals surface area (Å²) < 4.78 is 15.6. The summed E-state index contributed by atoms with van der Waals surface area (Å²) >= 11 is 0. The highest BCUT2D eigenvalue weighted by Crippen LogP contribution is 2.15. The number of hydrogen-bond acceptors (Lipinski definition) is 7. The summed E-state index contributed by atoms with van der Waals surface area (Å²) in [6.07, 6.45) is -0.798. The van der Waals surface area contributed by atoms with Crippen molar-refractivity contribution in [2.75, 3.05) is 13.7 Å². The van der Waals surface area contributed by atoms with Gasteiger partial charge in [-0.15, -0.1) is 0 Å². The van der Waals surface area contributed by atoms with Gasteiger partial charge >= 0.3 is 12.1 Å². The number of rotatable bonds is 9. The number of carbonyl (C=O) groups is 3. The molecule has 0 aliphatic heterocycles. The van der Waals surface area contributed by atoms with Gasteiger partial charge in [-0.1, -0.05) is 12.1 Å². The van der Waals surface area contributed by atoms with E-state index in [9.17, 15) is 14.4 Å². The van der Waals surface area contributed by atoms with Crippen LogP contribution in [0.25, 0.3) is 0 Å². The fourth-order valence-corrected chi connectivity index (χ4v) is 2.78. The number of nitrogens with one attached hydrogen (secondary N) is 3. The van der Waals surface area contributed by atoms with Crippen molar-refractivity contribution in [1.29, 1.82) is 5.41 Å². The van der Waals surface area contributed by atoms with Crippen LogP contribution in [0.15, 0.2) is 48.5 Å². The maximum absolute atomic E-state index is 12.6. The van der Waals surface area contributed by atoms with Crippen molar-refractivity contribution in [3.8, 4) is 5.75 Å². The number of methoxy groups -OCH3 is 1. The van der Waals surface area contributed by atoms with Gasteiger partial charge in [0.05, 0.1) is 7.11 Å². The summed E-state index contributed by atoms with van der Waals surface area (Å²) in [7, 11) is 1.19. The van der Waals surface area contributed by atoms with Crippen LogP contribution in [0, 0.1) is 5.41 Å². The zero-order valence-electron chi connectivity index (χ0n) is 19.6. The van der Waals surface area contributed by atoms with E-state index < -0.39 is 29.6 Å². The quantitative estimate of drug-likeness (QED) is 0.249. The normalized spacial score (nSPS) is 11.6. The van der Waals surface area contributed by atoms with Crippen LogP contribution in [0.3, 0.4) is 0 Å². The lowest BCUT2D eigenvalue weighted by Crippen LogP contribution is -2.50. The van der Waals surface area contributed by atoms with E-state index >= 15 is 0 Å². The molecule has 10 heteroatoms. The Labute approximate surface area is 198 Å². The molecule has 0 aliphatic carbocycles. The molecule has 0 spiro atoms. The van der Waals surface area contributed by atoms with Crippen LogP contribution in [0.4, 0.5) is 4.79 Å². The van der Waals surface area contributed by atoms with Crippen molar-refractivity contribution < 1.29 is 28.6 Å². The fourth-order valence-electron chi connectivity index (χ4n) is 2.78. The molecule has 1 unspecified atom stereocenters. The molecule has 2 amide bonds. The van der Waals surface area contributed by atoms with E-state index in [0.717, 1.165) is 5.56 Å². The van der Waals surface area contributed by atoms with Crippen LogP contribution in [0.1, 0.15) is 42.3 Å². The van der Waals surface area contributed by atoms with Gasteiger partial charge in [-0.3, -0.25) is 10.2 Å². The summed E-state index contributed by atoms with van der Waals surface area (Å²) in [5.74, 6) is -0.591. The molecule has 0 saturated carbocycles. The maximum atomic E-state index is 12.6. The minimum atomic E-state index is -1.12. The van der Waals surface area contributed by atoms with Crippen molar-refractivity contribution in [2.45, 2.75) is 39.0 Å². The molecule has 0 saturated heterocycles. The molecule has 0 heterocycles. The highest BCUT2D eigenvalue weighted by Gasteiger charge is 2.25. The number of amides is 2. The number of benzene rings is 2. The van der Waals surface area contributed by atoms with Crippen LogP contribution in [-0.2, 0) is 20.9 Å². The molecule has 10 nitrogen and oxygen atoms in total. The van der Waals surface area contributed by atoms with Crippen molar-refractivity contribution in [3.63, 3.8) is 0 Å². The standard InChI is InChI=1S/C24H30N4O6/c1-24(2,3)34-23(31)28-19(22(30)32-4)13-27-21(29)17-7-5-6-15(12-17)14-33-18-10-8-16(9-11-18)20(25)26/h5-12,19H,13-14H2,1-4H3,(H3,25,26)(H,27,29)(H,28,31). The Morgan fingerprint density at radius 1 is 1.06 bits per heavy atom. The first-order chi connectivity index (χ1) is 16.0. The highest BCUT2D eigenvalue weighted by molar-refractivity contribution is 5.95. The Balaban J connectivity index is 1.96. The summed E-state index contributed by atoms with van der Waals surface area (Å²) in [4.78, 5) is 36.6. The van der Waals surface area contributed by atoms with Crippen LogP contribution >= 0.6 is 0 Å². The number of amidine groups is 1. The van der Waals surface area contributed by atoms with Gasteiger partial charge in [-0.25, -0.2) is 9.59 Å². The average molecular weight is 471 g/mol. The van der Waals surface area contributed by atoms with E-state index in [1.54, 1.807) is 63.2 Å². The first-order valence-electron chi connectivity index (χ1n) is 10.5. The molecule has 34 heavy (non-hydrogen) atoms. The smallest absolute Gasteiger partial charge is 0.408 e. The fraction of sp³-hybridized carbons (Fsp3) is 0.333. The highest BCUT2D eigenvalue weighted by atomic mass is 16.6. The average Bonchev–Trinajstić information content (AvgIpc) is 2.78. The van der Waals surface area contributed by atoms with Gasteiger partial charge in [-0.2, -0.15) is 0 Å². The Kier molecular flexibility index (Phi) is 9.00. The lowest BCUT2D eigenvalue weighted by molar-refractivity contribution is -0.142. The number of esters is 1. The van der Waals surface area contributed by atoms with Gasteiger partial charge in [0.15, 0.2) is 0 Å². The van der Waals surface area contributed by atoms with Crippen molar-refractivity contribution >= 4 is 23.8 Å². The van der Waals surface area contributed by atoms with Crippen molar-refractivity contribution in [1.82, 2.24) is 10.6 Å². The molecular formula is C24H30N4O6. The van der Waals surface area contributed by atoms with Crippen LogP contribution in [0.2, 0.25) is 0 Å². The van der Waals surface area contributed by atoms with E-state index in [4.69, 9.17) is 25.4 Å². The molecule has 0 fully saturated rings. The molecular weight excluding hydrogens is 440 g/mol. The monoisotopic (exact) mass is 470 g/mol. The minimum Gasteiger partial charge on any atom is -0.489 e. The van der Waals surface area contributed by atoms with Crippen LogP contribution in [0.5, 0.6) is 5.75 Å². The SMILES string of the molecule is COC(=O)C(CNC(=O)c1cccc(COc2ccc(C(=N)N)cc2)c1)NC(=O)OC(C)(C)C.